The van der Waals surface area contributed by atoms with Crippen LogP contribution in [0.1, 0.15) is 35.7 Å². The fraction of sp³-hybridized carbons (Fsp3) is 0.381. The average Bonchev–Trinajstić information content (AvgIpc) is 3.31. The molecule has 162 valence electrons. The molecule has 1 unspecified atom stereocenters. The maximum absolute atomic E-state index is 13.4. The molecule has 1 N–H and O–H groups in total. The van der Waals surface area contributed by atoms with E-state index in [4.69, 9.17) is 4.98 Å². The van der Waals surface area contributed by atoms with E-state index in [1.165, 1.54) is 23.1 Å². The van der Waals surface area contributed by atoms with Crippen LogP contribution < -0.4 is 10.9 Å². The molecule has 0 spiro atoms. The Labute approximate surface area is 193 Å². The molecule has 1 aliphatic heterocycles. The molecule has 1 atom stereocenters. The van der Waals surface area contributed by atoms with E-state index in [9.17, 15) is 9.59 Å². The minimum absolute atomic E-state index is 0.0658. The summed E-state index contributed by atoms with van der Waals surface area (Å²) in [5.41, 5.74) is 3.67. The van der Waals surface area contributed by atoms with Crippen LogP contribution in [0.25, 0.3) is 5.69 Å². The van der Waals surface area contributed by atoms with Crippen molar-refractivity contribution in [2.75, 3.05) is 11.1 Å². The van der Waals surface area contributed by atoms with Crippen molar-refractivity contribution < 1.29 is 4.79 Å². The molecule has 3 aromatic rings. The van der Waals surface area contributed by atoms with Gasteiger partial charge in [0.15, 0.2) is 5.16 Å². The number of aromatic nitrogens is 4. The molecule has 4 rings (SSSR count). The lowest BCUT2D eigenvalue weighted by atomic mass is 10.1. The first-order valence-corrected chi connectivity index (χ1v) is 12.7. The predicted octanol–water partition coefficient (Wildman–Crippen LogP) is 4.03. The van der Waals surface area contributed by atoms with E-state index in [0.717, 1.165) is 40.4 Å². The molecule has 0 fully saturated rings. The van der Waals surface area contributed by atoms with Gasteiger partial charge in [-0.3, -0.25) is 19.5 Å². The van der Waals surface area contributed by atoms with E-state index >= 15 is 0 Å². The summed E-state index contributed by atoms with van der Waals surface area (Å²) in [6.07, 6.45) is 1.53. The smallest absolute Gasteiger partial charge is 0.272 e. The van der Waals surface area contributed by atoms with Gasteiger partial charge in [0.05, 0.1) is 22.0 Å². The number of carbonyl (C=O) groups excluding carboxylic acids is 1. The number of hydrogen-bond donors (Lipinski definition) is 1. The second-order valence-electron chi connectivity index (χ2n) is 7.48. The Morgan fingerprint density at radius 3 is 2.68 bits per heavy atom. The summed E-state index contributed by atoms with van der Waals surface area (Å²) < 4.78 is 1.64. The van der Waals surface area contributed by atoms with Gasteiger partial charge in [-0.15, -0.1) is 22.0 Å². The van der Waals surface area contributed by atoms with Crippen molar-refractivity contribution in [1.29, 1.82) is 0 Å². The van der Waals surface area contributed by atoms with Crippen molar-refractivity contribution in [2.45, 2.75) is 55.8 Å². The number of rotatable bonds is 6. The van der Waals surface area contributed by atoms with Crippen molar-refractivity contribution in [3.05, 3.63) is 50.4 Å². The highest BCUT2D eigenvalue weighted by Crippen LogP contribution is 2.35. The monoisotopic (exact) mass is 473 g/mol. The van der Waals surface area contributed by atoms with Gasteiger partial charge < -0.3 is 0 Å². The number of nitrogens with one attached hydrogen (secondary N) is 1. The molecule has 0 radical (unpaired) electrons. The second kappa shape index (κ2) is 9.13. The fourth-order valence-electron chi connectivity index (χ4n) is 3.44. The van der Waals surface area contributed by atoms with Crippen LogP contribution in [0.3, 0.4) is 0 Å². The Hall–Kier alpha value is -2.17. The first kappa shape index (κ1) is 22.0. The highest BCUT2D eigenvalue weighted by molar-refractivity contribution is 8.00. The summed E-state index contributed by atoms with van der Waals surface area (Å²) in [4.78, 5) is 31.4. The van der Waals surface area contributed by atoms with Gasteiger partial charge in [0.2, 0.25) is 11.0 Å². The van der Waals surface area contributed by atoms with E-state index in [0.29, 0.717) is 20.4 Å². The summed E-state index contributed by atoms with van der Waals surface area (Å²) in [6.45, 7) is 8.10. The van der Waals surface area contributed by atoms with Gasteiger partial charge in [-0.1, -0.05) is 43.0 Å². The lowest BCUT2D eigenvalue weighted by molar-refractivity contribution is -0.113. The third kappa shape index (κ3) is 4.86. The minimum Gasteiger partial charge on any atom is -0.300 e. The number of aryl methyl sites for hydroxylation is 3. The standard InChI is InChI=1S/C21H23N5O2S3/c1-5-17-24-25-20(31-17)23-16(27)10-29-21-22-15-9-13(4)30-18(15)19(28)26(21)14-7-11(2)6-12(3)8-14/h6-8,13H,5,9-10H2,1-4H3,(H,23,25,27). The molecular weight excluding hydrogens is 450 g/mol. The predicted molar refractivity (Wildman–Crippen MR) is 127 cm³/mol. The highest BCUT2D eigenvalue weighted by Gasteiger charge is 2.27. The van der Waals surface area contributed by atoms with Crippen molar-refractivity contribution in [2.24, 2.45) is 0 Å². The van der Waals surface area contributed by atoms with Crippen LogP contribution in [0.4, 0.5) is 5.13 Å². The molecule has 3 heterocycles. The van der Waals surface area contributed by atoms with Crippen LogP contribution in [0.2, 0.25) is 0 Å². The highest BCUT2D eigenvalue weighted by atomic mass is 32.2. The zero-order chi connectivity index (χ0) is 22.1. The molecular formula is C21H23N5O2S3. The molecule has 1 amide bonds. The summed E-state index contributed by atoms with van der Waals surface area (Å²) in [5.74, 6) is -0.0759. The quantitative estimate of drug-likeness (QED) is 0.427. The van der Waals surface area contributed by atoms with E-state index in [1.54, 1.807) is 16.3 Å². The summed E-state index contributed by atoms with van der Waals surface area (Å²) >= 11 is 4.21. The van der Waals surface area contributed by atoms with Crippen molar-refractivity contribution in [3.63, 3.8) is 0 Å². The summed E-state index contributed by atoms with van der Waals surface area (Å²) in [6, 6.07) is 6.02. The largest absolute Gasteiger partial charge is 0.300 e. The van der Waals surface area contributed by atoms with Crippen molar-refractivity contribution in [1.82, 2.24) is 19.7 Å². The van der Waals surface area contributed by atoms with Crippen LogP contribution in [-0.4, -0.2) is 36.7 Å². The Morgan fingerprint density at radius 2 is 2.00 bits per heavy atom. The van der Waals surface area contributed by atoms with Gasteiger partial charge in [-0.05, 0) is 43.5 Å². The van der Waals surface area contributed by atoms with E-state index in [2.05, 4.69) is 28.5 Å². The number of fused-ring (bicyclic) bond motifs is 1. The zero-order valence-corrected chi connectivity index (χ0v) is 20.2. The first-order chi connectivity index (χ1) is 14.8. The van der Waals surface area contributed by atoms with E-state index < -0.39 is 0 Å². The normalized spacial score (nSPS) is 15.2. The summed E-state index contributed by atoms with van der Waals surface area (Å²) in [5, 5.41) is 13.0. The zero-order valence-electron chi connectivity index (χ0n) is 17.8. The van der Waals surface area contributed by atoms with Gasteiger partial charge in [0.1, 0.15) is 5.01 Å². The van der Waals surface area contributed by atoms with Gasteiger partial charge >= 0.3 is 0 Å². The number of anilines is 1. The molecule has 0 saturated heterocycles. The number of nitrogens with zero attached hydrogens (tertiary/aromatic N) is 4. The molecule has 0 bridgehead atoms. The SMILES string of the molecule is CCc1nnc(NC(=O)CSc2nc3c(c(=O)n2-c2cc(C)cc(C)c2)SC(C)C3)s1. The molecule has 7 nitrogen and oxygen atoms in total. The molecule has 10 heteroatoms. The molecule has 31 heavy (non-hydrogen) atoms. The van der Waals surface area contributed by atoms with Gasteiger partial charge in [-0.25, -0.2) is 4.98 Å². The number of benzene rings is 1. The molecule has 1 aromatic carbocycles. The number of hydrogen-bond acceptors (Lipinski definition) is 8. The molecule has 2 aromatic heterocycles. The van der Waals surface area contributed by atoms with Crippen LogP contribution in [-0.2, 0) is 17.6 Å². The summed E-state index contributed by atoms with van der Waals surface area (Å²) in [7, 11) is 0. The average molecular weight is 474 g/mol. The molecule has 1 aliphatic rings. The number of thioether (sulfide) groups is 2. The lowest BCUT2D eigenvalue weighted by Crippen LogP contribution is -2.25. The number of amides is 1. The second-order valence-corrected chi connectivity index (χ2v) is 10.9. The topological polar surface area (TPSA) is 89.8 Å². The van der Waals surface area contributed by atoms with Crippen molar-refractivity contribution >= 4 is 45.9 Å². The number of carbonyl (C=O) groups is 1. The maximum Gasteiger partial charge on any atom is 0.272 e. The Balaban J connectivity index is 1.64. The van der Waals surface area contributed by atoms with Gasteiger partial charge in [0, 0.05) is 11.7 Å². The Bertz CT molecular complexity index is 1180. The third-order valence-electron chi connectivity index (χ3n) is 4.69. The fourth-order valence-corrected chi connectivity index (χ4v) is 6.06. The van der Waals surface area contributed by atoms with E-state index in [1.807, 2.05) is 32.9 Å². The Kier molecular flexibility index (Phi) is 6.49. The van der Waals surface area contributed by atoms with Gasteiger partial charge in [0.25, 0.3) is 5.56 Å². The lowest BCUT2D eigenvalue weighted by Gasteiger charge is -2.14. The van der Waals surface area contributed by atoms with Crippen LogP contribution in [0.15, 0.2) is 33.0 Å². The molecule has 0 saturated carbocycles. The molecule has 0 aliphatic carbocycles. The Morgan fingerprint density at radius 1 is 1.26 bits per heavy atom. The third-order valence-corrected chi connectivity index (χ3v) is 7.83. The van der Waals surface area contributed by atoms with Crippen LogP contribution in [0, 0.1) is 13.8 Å². The first-order valence-electron chi connectivity index (χ1n) is 10.00. The van der Waals surface area contributed by atoms with Gasteiger partial charge in [-0.2, -0.15) is 0 Å². The van der Waals surface area contributed by atoms with Crippen molar-refractivity contribution in [3.8, 4) is 5.69 Å². The maximum atomic E-state index is 13.4. The van der Waals surface area contributed by atoms with Crippen LogP contribution >= 0.6 is 34.9 Å². The minimum atomic E-state index is -0.201. The van der Waals surface area contributed by atoms with Crippen LogP contribution in [0.5, 0.6) is 0 Å². The van der Waals surface area contributed by atoms with E-state index in [-0.39, 0.29) is 17.2 Å².